The molecule has 0 saturated carbocycles. The molecule has 16 heavy (non-hydrogen) atoms. The van der Waals surface area contributed by atoms with Crippen LogP contribution < -0.4 is 0 Å². The molecule has 0 bridgehead atoms. The minimum atomic E-state index is -0.471. The number of ketones is 1. The van der Waals surface area contributed by atoms with Crippen molar-refractivity contribution in [2.24, 2.45) is 0 Å². The number of carbonyl (C=O) groups is 2. The van der Waals surface area contributed by atoms with Crippen LogP contribution in [0.4, 0.5) is 0 Å². The zero-order valence-corrected chi connectivity index (χ0v) is 11.0. The van der Waals surface area contributed by atoms with Crippen molar-refractivity contribution in [3.63, 3.8) is 0 Å². The smallest absolute Gasteiger partial charge is 0.339 e. The number of ether oxygens (including phenoxy) is 1. The summed E-state index contributed by atoms with van der Waals surface area (Å²) in [6.45, 7) is 4.96. The molecule has 1 rings (SSSR count). The van der Waals surface area contributed by atoms with Crippen molar-refractivity contribution in [3.8, 4) is 0 Å². The molecule has 0 amide bonds. The quantitative estimate of drug-likeness (QED) is 0.632. The second-order valence-corrected chi connectivity index (χ2v) is 4.53. The van der Waals surface area contributed by atoms with Gasteiger partial charge < -0.3 is 4.74 Å². The lowest BCUT2D eigenvalue weighted by Crippen LogP contribution is -2.15. The van der Waals surface area contributed by atoms with Gasteiger partial charge in [-0.25, -0.2) is 4.79 Å². The second kappa shape index (κ2) is 5.25. The van der Waals surface area contributed by atoms with Gasteiger partial charge in [-0.15, -0.1) is 0 Å². The Morgan fingerprint density at radius 3 is 2.44 bits per heavy atom. The number of benzene rings is 1. The summed E-state index contributed by atoms with van der Waals surface area (Å²) in [5.74, 6) is -0.635. The van der Waals surface area contributed by atoms with Crippen LogP contribution in [-0.2, 0) is 4.74 Å². The third-order valence-corrected chi connectivity index (χ3v) is 2.59. The fourth-order valence-corrected chi connectivity index (χ4v) is 1.97. The van der Waals surface area contributed by atoms with Crippen LogP contribution in [0, 0.1) is 0 Å². The molecule has 0 radical (unpaired) electrons. The monoisotopic (exact) mass is 284 g/mol. The first-order valence-electron chi connectivity index (χ1n) is 4.94. The van der Waals surface area contributed by atoms with Gasteiger partial charge in [0.05, 0.1) is 11.7 Å². The number of esters is 1. The molecule has 0 heterocycles. The van der Waals surface area contributed by atoms with Gasteiger partial charge in [0.2, 0.25) is 0 Å². The van der Waals surface area contributed by atoms with E-state index in [1.54, 1.807) is 32.0 Å². The number of Topliss-reactive ketones (excluding diaryl/α,β-unsaturated/α-hetero) is 1. The highest BCUT2D eigenvalue weighted by Crippen LogP contribution is 2.22. The highest BCUT2D eigenvalue weighted by Gasteiger charge is 2.18. The van der Waals surface area contributed by atoms with Crippen molar-refractivity contribution in [3.05, 3.63) is 33.8 Å². The molecule has 0 saturated heterocycles. The largest absolute Gasteiger partial charge is 0.459 e. The molecule has 0 aliphatic heterocycles. The van der Waals surface area contributed by atoms with E-state index in [0.717, 1.165) is 0 Å². The topological polar surface area (TPSA) is 43.4 Å². The van der Waals surface area contributed by atoms with E-state index in [4.69, 9.17) is 4.74 Å². The molecule has 0 atom stereocenters. The van der Waals surface area contributed by atoms with Crippen molar-refractivity contribution < 1.29 is 14.3 Å². The van der Waals surface area contributed by atoms with Gasteiger partial charge in [-0.1, -0.05) is 22.0 Å². The molecule has 0 spiro atoms. The molecule has 0 aliphatic carbocycles. The number of hydrogen-bond acceptors (Lipinski definition) is 3. The first kappa shape index (κ1) is 12.9. The van der Waals surface area contributed by atoms with Crippen LogP contribution in [0.5, 0.6) is 0 Å². The lowest BCUT2D eigenvalue weighted by atomic mass is 10.0. The predicted octanol–water partition coefficient (Wildman–Crippen LogP) is 3.22. The molecule has 1 aromatic rings. The third kappa shape index (κ3) is 2.92. The van der Waals surface area contributed by atoms with E-state index in [0.29, 0.717) is 15.6 Å². The van der Waals surface area contributed by atoms with Gasteiger partial charge >= 0.3 is 5.97 Å². The molecule has 1 aromatic carbocycles. The van der Waals surface area contributed by atoms with Crippen LogP contribution in [0.2, 0.25) is 0 Å². The molecule has 3 nitrogen and oxygen atoms in total. The maximum Gasteiger partial charge on any atom is 0.339 e. The van der Waals surface area contributed by atoms with Gasteiger partial charge in [0.1, 0.15) is 0 Å². The van der Waals surface area contributed by atoms with Crippen molar-refractivity contribution in [1.82, 2.24) is 0 Å². The lowest BCUT2D eigenvalue weighted by Gasteiger charge is -2.11. The van der Waals surface area contributed by atoms with Crippen LogP contribution in [0.1, 0.15) is 41.5 Å². The molecule has 0 N–H and O–H groups in total. The molecule has 0 aromatic heterocycles. The minimum Gasteiger partial charge on any atom is -0.459 e. The van der Waals surface area contributed by atoms with Gasteiger partial charge in [0.25, 0.3) is 0 Å². The van der Waals surface area contributed by atoms with Gasteiger partial charge in [0.15, 0.2) is 5.78 Å². The summed E-state index contributed by atoms with van der Waals surface area (Å²) in [5, 5.41) is 0. The Hall–Kier alpha value is -1.16. The molecule has 0 unspecified atom stereocenters. The molecule has 0 fully saturated rings. The van der Waals surface area contributed by atoms with Crippen LogP contribution in [-0.4, -0.2) is 17.9 Å². The van der Waals surface area contributed by atoms with Gasteiger partial charge in [-0.05, 0) is 32.9 Å². The zero-order valence-electron chi connectivity index (χ0n) is 9.41. The highest BCUT2D eigenvalue weighted by atomic mass is 79.9. The van der Waals surface area contributed by atoms with Crippen molar-refractivity contribution >= 4 is 27.7 Å². The Bertz CT molecular complexity index is 424. The standard InChI is InChI=1S/C12H13BrO3/c1-7(2)16-12(15)9-5-4-6-10(13)11(9)8(3)14/h4-7H,1-3H3. The van der Waals surface area contributed by atoms with E-state index in [-0.39, 0.29) is 11.9 Å². The maximum atomic E-state index is 11.7. The van der Waals surface area contributed by atoms with Crippen LogP contribution in [0.3, 0.4) is 0 Å². The minimum absolute atomic E-state index is 0.164. The van der Waals surface area contributed by atoms with Gasteiger partial charge in [-0.3, -0.25) is 4.79 Å². The summed E-state index contributed by atoms with van der Waals surface area (Å²) in [4.78, 5) is 23.2. The normalized spacial score (nSPS) is 10.3. The van der Waals surface area contributed by atoms with Crippen LogP contribution in [0.15, 0.2) is 22.7 Å². The fraction of sp³-hybridized carbons (Fsp3) is 0.333. The van der Waals surface area contributed by atoms with Crippen LogP contribution in [0.25, 0.3) is 0 Å². The van der Waals surface area contributed by atoms with Crippen LogP contribution >= 0.6 is 15.9 Å². The molecule has 4 heteroatoms. The molecule has 0 aliphatic rings. The highest BCUT2D eigenvalue weighted by molar-refractivity contribution is 9.10. The van der Waals surface area contributed by atoms with Crippen molar-refractivity contribution in [2.45, 2.75) is 26.9 Å². The summed E-state index contributed by atoms with van der Waals surface area (Å²) in [7, 11) is 0. The van der Waals surface area contributed by atoms with E-state index in [1.165, 1.54) is 6.92 Å². The summed E-state index contributed by atoms with van der Waals surface area (Å²) >= 11 is 3.25. The Balaban J connectivity index is 3.18. The van der Waals surface area contributed by atoms with E-state index < -0.39 is 5.97 Å². The maximum absolute atomic E-state index is 11.7. The number of rotatable bonds is 3. The summed E-state index contributed by atoms with van der Waals surface area (Å²) in [6, 6.07) is 5.02. The lowest BCUT2D eigenvalue weighted by molar-refractivity contribution is 0.0375. The average Bonchev–Trinajstić information content (AvgIpc) is 2.15. The zero-order chi connectivity index (χ0) is 12.3. The molecular formula is C12H13BrO3. The van der Waals surface area contributed by atoms with E-state index in [9.17, 15) is 9.59 Å². The Kier molecular flexibility index (Phi) is 4.24. The number of halogens is 1. The Morgan fingerprint density at radius 2 is 1.94 bits per heavy atom. The fourth-order valence-electron chi connectivity index (χ4n) is 1.33. The van der Waals surface area contributed by atoms with Crippen molar-refractivity contribution in [2.75, 3.05) is 0 Å². The third-order valence-electron chi connectivity index (χ3n) is 1.93. The van der Waals surface area contributed by atoms with Gasteiger partial charge in [-0.2, -0.15) is 0 Å². The van der Waals surface area contributed by atoms with E-state index >= 15 is 0 Å². The first-order valence-corrected chi connectivity index (χ1v) is 5.73. The predicted molar refractivity (Wildman–Crippen MR) is 64.7 cm³/mol. The van der Waals surface area contributed by atoms with E-state index in [2.05, 4.69) is 15.9 Å². The SMILES string of the molecule is CC(=O)c1c(Br)cccc1C(=O)OC(C)C. The number of hydrogen-bond donors (Lipinski definition) is 0. The van der Waals surface area contributed by atoms with E-state index in [1.807, 2.05) is 0 Å². The second-order valence-electron chi connectivity index (χ2n) is 3.67. The molecule has 86 valence electrons. The van der Waals surface area contributed by atoms with Gasteiger partial charge in [0, 0.05) is 10.0 Å². The summed E-state index contributed by atoms with van der Waals surface area (Å²) < 4.78 is 5.68. The van der Waals surface area contributed by atoms with Crippen molar-refractivity contribution in [1.29, 1.82) is 0 Å². The molecular weight excluding hydrogens is 272 g/mol. The Morgan fingerprint density at radius 1 is 1.31 bits per heavy atom. The number of carbonyl (C=O) groups excluding carboxylic acids is 2. The average molecular weight is 285 g/mol. The Labute approximate surface area is 103 Å². The summed E-state index contributed by atoms with van der Waals surface area (Å²) in [6.07, 6.45) is -0.203. The first-order chi connectivity index (χ1) is 7.43. The summed E-state index contributed by atoms with van der Waals surface area (Å²) in [5.41, 5.74) is 0.670.